The molecule has 1 amide bonds. The van der Waals surface area contributed by atoms with Crippen molar-refractivity contribution in [2.45, 2.75) is 40.2 Å². The minimum atomic E-state index is -0.357. The number of thiazole rings is 1. The van der Waals surface area contributed by atoms with E-state index in [1.165, 1.54) is 11.3 Å². The zero-order valence-corrected chi connectivity index (χ0v) is 17.3. The molecule has 0 atom stereocenters. The number of hydrogen-bond acceptors (Lipinski definition) is 7. The van der Waals surface area contributed by atoms with Crippen LogP contribution in [0.1, 0.15) is 58.2 Å². The topological polar surface area (TPSA) is 84.7 Å². The number of morpholine rings is 1. The average Bonchev–Trinajstić information content (AvgIpc) is 3.19. The molecular formula is C20H25N3O4S. The van der Waals surface area contributed by atoms with Crippen molar-refractivity contribution in [2.24, 2.45) is 5.41 Å². The van der Waals surface area contributed by atoms with Gasteiger partial charge >= 0.3 is 0 Å². The number of amides is 1. The highest BCUT2D eigenvalue weighted by atomic mass is 32.1. The predicted octanol–water partition coefficient (Wildman–Crippen LogP) is 3.28. The summed E-state index contributed by atoms with van der Waals surface area (Å²) in [6.45, 7) is 9.86. The molecule has 0 saturated carbocycles. The lowest BCUT2D eigenvalue weighted by molar-refractivity contribution is 0.0337. The third-order valence-electron chi connectivity index (χ3n) is 5.24. The lowest BCUT2D eigenvalue weighted by Gasteiger charge is -2.27. The number of rotatable bonds is 4. The smallest absolute Gasteiger partial charge is 0.293 e. The molecule has 0 radical (unpaired) electrons. The second-order valence-electron chi connectivity index (χ2n) is 8.28. The van der Waals surface area contributed by atoms with Crippen molar-refractivity contribution in [3.63, 3.8) is 0 Å². The fourth-order valence-electron chi connectivity index (χ4n) is 3.88. The molecule has 3 heterocycles. The van der Waals surface area contributed by atoms with Crippen LogP contribution in [0.5, 0.6) is 0 Å². The predicted molar refractivity (Wildman–Crippen MR) is 106 cm³/mol. The third kappa shape index (κ3) is 3.90. The van der Waals surface area contributed by atoms with Crippen LogP contribution in [-0.4, -0.2) is 47.9 Å². The second kappa shape index (κ2) is 7.42. The summed E-state index contributed by atoms with van der Waals surface area (Å²) in [7, 11) is 0. The molecular weight excluding hydrogens is 378 g/mol. The summed E-state index contributed by atoms with van der Waals surface area (Å²) in [5.41, 5.74) is 1.98. The normalized spacial score (nSPS) is 19.5. The van der Waals surface area contributed by atoms with Crippen molar-refractivity contribution in [1.29, 1.82) is 0 Å². The molecule has 4 rings (SSSR count). The minimum absolute atomic E-state index is 0.0496. The van der Waals surface area contributed by atoms with Gasteiger partial charge in [0, 0.05) is 43.4 Å². The molecule has 7 nitrogen and oxygen atoms in total. The molecule has 0 aromatic carbocycles. The number of nitrogens with one attached hydrogen (secondary N) is 1. The van der Waals surface area contributed by atoms with Crippen molar-refractivity contribution in [2.75, 3.05) is 31.6 Å². The van der Waals surface area contributed by atoms with Crippen molar-refractivity contribution in [3.05, 3.63) is 33.7 Å². The summed E-state index contributed by atoms with van der Waals surface area (Å²) in [4.78, 5) is 32.0. The standard InChI is InChI=1S/C20H25N3O4S/c1-12-16-14(24)8-20(2,3)9-15(16)27-17(12)18(25)22-19-21-13(11-28-19)10-23-4-6-26-7-5-23/h11H,4-10H2,1-3H3,(H,21,22,25). The van der Waals surface area contributed by atoms with Crippen LogP contribution in [0.2, 0.25) is 0 Å². The van der Waals surface area contributed by atoms with Crippen LogP contribution in [0.3, 0.4) is 0 Å². The van der Waals surface area contributed by atoms with Gasteiger partial charge in [-0.2, -0.15) is 0 Å². The van der Waals surface area contributed by atoms with E-state index in [1.807, 2.05) is 19.2 Å². The molecule has 1 fully saturated rings. The molecule has 1 aliphatic carbocycles. The molecule has 150 valence electrons. The first-order valence-corrected chi connectivity index (χ1v) is 10.4. The first kappa shape index (κ1) is 19.3. The maximum atomic E-state index is 12.7. The molecule has 0 spiro atoms. The van der Waals surface area contributed by atoms with Gasteiger partial charge in [0.25, 0.3) is 5.91 Å². The molecule has 8 heteroatoms. The van der Waals surface area contributed by atoms with Gasteiger partial charge in [-0.15, -0.1) is 11.3 Å². The Morgan fingerprint density at radius 2 is 2.07 bits per heavy atom. The highest BCUT2D eigenvalue weighted by Crippen LogP contribution is 2.38. The van der Waals surface area contributed by atoms with Gasteiger partial charge in [0.15, 0.2) is 16.7 Å². The van der Waals surface area contributed by atoms with E-state index >= 15 is 0 Å². The number of hydrogen-bond donors (Lipinski definition) is 1. The van der Waals surface area contributed by atoms with Gasteiger partial charge in [0.1, 0.15) is 5.76 Å². The SMILES string of the molecule is Cc1c(C(=O)Nc2nc(CN3CCOCC3)cs2)oc2c1C(=O)CC(C)(C)C2. The Labute approximate surface area is 168 Å². The number of furan rings is 1. The molecule has 1 N–H and O–H groups in total. The lowest BCUT2D eigenvalue weighted by atomic mass is 9.76. The van der Waals surface area contributed by atoms with Gasteiger partial charge < -0.3 is 9.15 Å². The summed E-state index contributed by atoms with van der Waals surface area (Å²) in [5.74, 6) is 0.524. The number of aromatic nitrogens is 1. The summed E-state index contributed by atoms with van der Waals surface area (Å²) >= 11 is 1.39. The van der Waals surface area contributed by atoms with Crippen LogP contribution in [0.15, 0.2) is 9.80 Å². The van der Waals surface area contributed by atoms with Crippen LogP contribution in [-0.2, 0) is 17.7 Å². The molecule has 2 aromatic heterocycles. The third-order valence-corrected chi connectivity index (χ3v) is 6.05. The number of carbonyl (C=O) groups excluding carboxylic acids is 2. The van der Waals surface area contributed by atoms with Crippen LogP contribution in [0, 0.1) is 12.3 Å². The summed E-state index contributed by atoms with van der Waals surface area (Å²) in [6.07, 6.45) is 1.13. The fraction of sp³-hybridized carbons (Fsp3) is 0.550. The largest absolute Gasteiger partial charge is 0.455 e. The maximum absolute atomic E-state index is 12.7. The Hall–Kier alpha value is -2.03. The van der Waals surface area contributed by atoms with E-state index in [0.29, 0.717) is 34.9 Å². The number of fused-ring (bicyclic) bond motifs is 1. The quantitative estimate of drug-likeness (QED) is 0.843. The zero-order chi connectivity index (χ0) is 19.9. The number of carbonyl (C=O) groups is 2. The number of anilines is 1. The number of ether oxygens (including phenoxy) is 1. The van der Waals surface area contributed by atoms with E-state index in [1.54, 1.807) is 6.92 Å². The monoisotopic (exact) mass is 403 g/mol. The molecule has 1 saturated heterocycles. The molecule has 0 unspecified atom stereocenters. The second-order valence-corrected chi connectivity index (χ2v) is 9.14. The van der Waals surface area contributed by atoms with Crippen LogP contribution in [0.4, 0.5) is 5.13 Å². The van der Waals surface area contributed by atoms with Crippen LogP contribution < -0.4 is 5.32 Å². The van der Waals surface area contributed by atoms with E-state index in [9.17, 15) is 9.59 Å². The molecule has 2 aliphatic rings. The molecule has 1 aliphatic heterocycles. The van der Waals surface area contributed by atoms with E-state index in [-0.39, 0.29) is 22.9 Å². The van der Waals surface area contributed by atoms with Crippen molar-refractivity contribution >= 4 is 28.2 Å². The first-order valence-electron chi connectivity index (χ1n) is 9.54. The van der Waals surface area contributed by atoms with Crippen LogP contribution in [0.25, 0.3) is 0 Å². The highest BCUT2D eigenvalue weighted by molar-refractivity contribution is 7.13. The van der Waals surface area contributed by atoms with Crippen molar-refractivity contribution < 1.29 is 18.7 Å². The van der Waals surface area contributed by atoms with Gasteiger partial charge in [-0.25, -0.2) is 4.98 Å². The number of nitrogens with zero attached hydrogens (tertiary/aromatic N) is 2. The summed E-state index contributed by atoms with van der Waals surface area (Å²) in [5, 5.41) is 5.31. The Kier molecular flexibility index (Phi) is 5.11. The highest BCUT2D eigenvalue weighted by Gasteiger charge is 2.37. The summed E-state index contributed by atoms with van der Waals surface area (Å²) < 4.78 is 11.2. The maximum Gasteiger partial charge on any atom is 0.293 e. The number of ketones is 1. The zero-order valence-electron chi connectivity index (χ0n) is 16.5. The van der Waals surface area contributed by atoms with E-state index in [0.717, 1.165) is 38.5 Å². The van der Waals surface area contributed by atoms with Gasteiger partial charge in [0.05, 0.1) is 24.5 Å². The van der Waals surface area contributed by atoms with E-state index < -0.39 is 0 Å². The van der Waals surface area contributed by atoms with Gasteiger partial charge in [-0.05, 0) is 12.3 Å². The Balaban J connectivity index is 1.47. The minimum Gasteiger partial charge on any atom is -0.455 e. The van der Waals surface area contributed by atoms with Gasteiger partial charge in [0.2, 0.25) is 0 Å². The Bertz CT molecular complexity index is 909. The van der Waals surface area contributed by atoms with E-state index in [4.69, 9.17) is 9.15 Å². The Morgan fingerprint density at radius 1 is 1.32 bits per heavy atom. The van der Waals surface area contributed by atoms with Gasteiger partial charge in [-0.1, -0.05) is 13.8 Å². The fourth-order valence-corrected chi connectivity index (χ4v) is 4.58. The van der Waals surface area contributed by atoms with Crippen LogP contribution >= 0.6 is 11.3 Å². The molecule has 0 bridgehead atoms. The molecule has 28 heavy (non-hydrogen) atoms. The van der Waals surface area contributed by atoms with Crippen molar-refractivity contribution in [3.8, 4) is 0 Å². The average molecular weight is 404 g/mol. The van der Waals surface area contributed by atoms with Gasteiger partial charge in [-0.3, -0.25) is 19.8 Å². The lowest BCUT2D eigenvalue weighted by Crippen LogP contribution is -2.35. The molecule has 2 aromatic rings. The Morgan fingerprint density at radius 3 is 2.82 bits per heavy atom. The number of Topliss-reactive ketones (excluding diaryl/α,β-unsaturated/α-hetero) is 1. The van der Waals surface area contributed by atoms with Crippen molar-refractivity contribution in [1.82, 2.24) is 9.88 Å². The summed E-state index contributed by atoms with van der Waals surface area (Å²) in [6, 6.07) is 0. The van der Waals surface area contributed by atoms with E-state index in [2.05, 4.69) is 15.2 Å². The first-order chi connectivity index (χ1) is 13.3.